The van der Waals surface area contributed by atoms with Gasteiger partial charge < -0.3 is 4.42 Å². The number of benzene rings is 1. The number of nitrogens with one attached hydrogen (secondary N) is 1. The van der Waals surface area contributed by atoms with Crippen LogP contribution in [-0.2, 0) is 0 Å². The number of para-hydroxylation sites is 1. The fraction of sp³-hybridized carbons (Fsp3) is 0.0625. The number of carbonyl (C=O) groups excluding carboxylic acids is 1. The minimum atomic E-state index is -0.379. The van der Waals surface area contributed by atoms with Crippen molar-refractivity contribution in [3.05, 3.63) is 65.7 Å². The number of carbonyl (C=O) groups is 1. The number of nitrogens with zero attached hydrogens (tertiary/aromatic N) is 2. The maximum atomic E-state index is 12.1. The van der Waals surface area contributed by atoms with Gasteiger partial charge in [-0.1, -0.05) is 24.3 Å². The smallest absolute Gasteiger partial charge is 0.307 e. The van der Waals surface area contributed by atoms with Crippen molar-refractivity contribution in [1.29, 1.82) is 0 Å². The van der Waals surface area contributed by atoms with Crippen LogP contribution >= 0.6 is 0 Å². The van der Waals surface area contributed by atoms with Crippen LogP contribution in [0.2, 0.25) is 0 Å². The van der Waals surface area contributed by atoms with Crippen molar-refractivity contribution < 1.29 is 9.21 Å². The molecule has 1 aromatic carbocycles. The van der Waals surface area contributed by atoms with E-state index in [0.717, 1.165) is 10.9 Å². The van der Waals surface area contributed by atoms with Gasteiger partial charge >= 0.3 is 5.91 Å². The molecule has 2 heterocycles. The highest BCUT2D eigenvalue weighted by Crippen LogP contribution is 2.24. The maximum absolute atomic E-state index is 12.1. The lowest BCUT2D eigenvalue weighted by Gasteiger charge is -1.97. The summed E-state index contributed by atoms with van der Waals surface area (Å²) in [5.74, 6) is -0.106. The second-order valence-electron chi connectivity index (χ2n) is 4.51. The average Bonchev–Trinajstić information content (AvgIpc) is 2.86. The Balaban J connectivity index is 1.78. The number of fused-ring (bicyclic) bond motifs is 1. The molecule has 5 heteroatoms. The van der Waals surface area contributed by atoms with E-state index in [2.05, 4.69) is 15.5 Å². The standard InChI is InChI=1S/C16H13N3O2/c1-11-13-7-2-3-8-14(13)21-15(11)16(20)19-18-10-12-6-4-5-9-17-12/h2-10H,1H3,(H,19,20)/b18-10-. The Labute approximate surface area is 121 Å². The molecule has 1 amide bonds. The van der Waals surface area contributed by atoms with E-state index >= 15 is 0 Å². The van der Waals surface area contributed by atoms with E-state index in [4.69, 9.17) is 4.42 Å². The first-order valence-electron chi connectivity index (χ1n) is 6.48. The fourth-order valence-corrected chi connectivity index (χ4v) is 2.05. The zero-order valence-electron chi connectivity index (χ0n) is 11.4. The first kappa shape index (κ1) is 13.1. The molecule has 0 spiro atoms. The van der Waals surface area contributed by atoms with Crippen molar-refractivity contribution in [3.63, 3.8) is 0 Å². The molecular formula is C16H13N3O2. The Morgan fingerprint density at radius 2 is 2.05 bits per heavy atom. The predicted octanol–water partition coefficient (Wildman–Crippen LogP) is 2.90. The summed E-state index contributed by atoms with van der Waals surface area (Å²) in [4.78, 5) is 16.2. The van der Waals surface area contributed by atoms with Gasteiger partial charge in [-0.25, -0.2) is 5.43 Å². The van der Waals surface area contributed by atoms with Gasteiger partial charge in [0, 0.05) is 17.1 Å². The summed E-state index contributed by atoms with van der Waals surface area (Å²) in [7, 11) is 0. The average molecular weight is 279 g/mol. The predicted molar refractivity (Wildman–Crippen MR) is 80.2 cm³/mol. The Morgan fingerprint density at radius 1 is 1.24 bits per heavy atom. The number of hydrogen-bond acceptors (Lipinski definition) is 4. The van der Waals surface area contributed by atoms with Gasteiger partial charge in [0.15, 0.2) is 5.76 Å². The first-order valence-corrected chi connectivity index (χ1v) is 6.48. The zero-order valence-corrected chi connectivity index (χ0v) is 11.4. The number of hydrogen-bond donors (Lipinski definition) is 1. The lowest BCUT2D eigenvalue weighted by atomic mass is 10.1. The van der Waals surface area contributed by atoms with Crippen LogP contribution in [0, 0.1) is 6.92 Å². The van der Waals surface area contributed by atoms with Crippen LogP contribution in [0.15, 0.2) is 58.2 Å². The summed E-state index contributed by atoms with van der Waals surface area (Å²) < 4.78 is 5.56. The maximum Gasteiger partial charge on any atom is 0.307 e. The van der Waals surface area contributed by atoms with Crippen molar-refractivity contribution in [2.75, 3.05) is 0 Å². The molecule has 0 fully saturated rings. The molecule has 0 unspecified atom stereocenters. The number of pyridine rings is 1. The second-order valence-corrected chi connectivity index (χ2v) is 4.51. The highest BCUT2D eigenvalue weighted by atomic mass is 16.3. The molecule has 3 aromatic rings. The van der Waals surface area contributed by atoms with Crippen LogP contribution < -0.4 is 5.43 Å². The molecule has 0 radical (unpaired) electrons. The monoisotopic (exact) mass is 279 g/mol. The molecule has 0 aliphatic carbocycles. The third-order valence-electron chi connectivity index (χ3n) is 3.10. The zero-order chi connectivity index (χ0) is 14.7. The van der Waals surface area contributed by atoms with E-state index in [-0.39, 0.29) is 11.7 Å². The molecule has 0 aliphatic heterocycles. The van der Waals surface area contributed by atoms with Crippen LogP contribution in [0.25, 0.3) is 11.0 Å². The quantitative estimate of drug-likeness (QED) is 0.592. The molecule has 5 nitrogen and oxygen atoms in total. The summed E-state index contributed by atoms with van der Waals surface area (Å²) in [5.41, 5.74) is 4.60. The third-order valence-corrected chi connectivity index (χ3v) is 3.10. The van der Waals surface area contributed by atoms with E-state index in [1.807, 2.05) is 43.3 Å². The minimum absolute atomic E-state index is 0.273. The van der Waals surface area contributed by atoms with E-state index < -0.39 is 0 Å². The Hall–Kier alpha value is -2.95. The fourth-order valence-electron chi connectivity index (χ4n) is 2.05. The molecule has 0 saturated carbocycles. The van der Waals surface area contributed by atoms with Gasteiger partial charge in [-0.2, -0.15) is 5.10 Å². The number of amides is 1. The van der Waals surface area contributed by atoms with Crippen molar-refractivity contribution >= 4 is 23.1 Å². The Bertz CT molecular complexity index is 807. The third kappa shape index (κ3) is 2.67. The number of furan rings is 1. The van der Waals surface area contributed by atoms with Gasteiger partial charge in [-0.15, -0.1) is 0 Å². The summed E-state index contributed by atoms with van der Waals surface area (Å²) in [5, 5.41) is 4.81. The molecule has 0 atom stereocenters. The van der Waals surface area contributed by atoms with Crippen LogP contribution in [-0.4, -0.2) is 17.1 Å². The van der Waals surface area contributed by atoms with Crippen molar-refractivity contribution in [2.24, 2.45) is 5.10 Å². The van der Waals surface area contributed by atoms with Gasteiger partial charge in [0.2, 0.25) is 0 Å². The van der Waals surface area contributed by atoms with Gasteiger partial charge in [-0.05, 0) is 25.1 Å². The minimum Gasteiger partial charge on any atom is -0.451 e. The van der Waals surface area contributed by atoms with Crippen molar-refractivity contribution in [3.8, 4) is 0 Å². The van der Waals surface area contributed by atoms with E-state index in [0.29, 0.717) is 11.3 Å². The van der Waals surface area contributed by atoms with Crippen LogP contribution in [0.5, 0.6) is 0 Å². The summed E-state index contributed by atoms with van der Waals surface area (Å²) >= 11 is 0. The van der Waals surface area contributed by atoms with Gasteiger partial charge in [0.1, 0.15) is 5.58 Å². The van der Waals surface area contributed by atoms with E-state index in [9.17, 15) is 4.79 Å². The van der Waals surface area contributed by atoms with Crippen LogP contribution in [0.1, 0.15) is 21.8 Å². The summed E-state index contributed by atoms with van der Waals surface area (Å²) in [6.45, 7) is 1.85. The normalized spacial score (nSPS) is 11.1. The largest absolute Gasteiger partial charge is 0.451 e. The summed E-state index contributed by atoms with van der Waals surface area (Å²) in [6, 6.07) is 13.0. The van der Waals surface area contributed by atoms with E-state index in [1.165, 1.54) is 6.21 Å². The number of aryl methyl sites for hydroxylation is 1. The van der Waals surface area contributed by atoms with Crippen LogP contribution in [0.4, 0.5) is 0 Å². The number of hydrazone groups is 1. The number of aromatic nitrogens is 1. The lowest BCUT2D eigenvalue weighted by molar-refractivity contribution is 0.0929. The van der Waals surface area contributed by atoms with Gasteiger partial charge in [0.25, 0.3) is 0 Å². The summed E-state index contributed by atoms with van der Waals surface area (Å²) in [6.07, 6.45) is 3.14. The van der Waals surface area contributed by atoms with Crippen molar-refractivity contribution in [2.45, 2.75) is 6.92 Å². The van der Waals surface area contributed by atoms with Crippen LogP contribution in [0.3, 0.4) is 0 Å². The number of rotatable bonds is 3. The van der Waals surface area contributed by atoms with E-state index in [1.54, 1.807) is 12.3 Å². The molecule has 104 valence electrons. The van der Waals surface area contributed by atoms with Gasteiger partial charge in [-0.3, -0.25) is 9.78 Å². The SMILES string of the molecule is Cc1c(C(=O)N/N=C\c2ccccn2)oc2ccccc12. The Kier molecular flexibility index (Phi) is 3.47. The second kappa shape index (κ2) is 5.58. The Morgan fingerprint density at radius 3 is 2.81 bits per heavy atom. The van der Waals surface area contributed by atoms with Crippen molar-refractivity contribution in [1.82, 2.24) is 10.4 Å². The highest BCUT2D eigenvalue weighted by Gasteiger charge is 2.16. The molecule has 0 bridgehead atoms. The molecule has 2 aromatic heterocycles. The highest BCUT2D eigenvalue weighted by molar-refractivity contribution is 5.99. The lowest BCUT2D eigenvalue weighted by Crippen LogP contribution is -2.17. The molecule has 0 aliphatic rings. The molecule has 0 saturated heterocycles. The molecule has 3 rings (SSSR count). The molecule has 1 N–H and O–H groups in total. The molecule has 21 heavy (non-hydrogen) atoms. The topological polar surface area (TPSA) is 67.5 Å². The molecular weight excluding hydrogens is 266 g/mol. The first-order chi connectivity index (χ1) is 10.3. The van der Waals surface area contributed by atoms with Gasteiger partial charge in [0.05, 0.1) is 11.9 Å².